The van der Waals surface area contributed by atoms with E-state index < -0.39 is 6.10 Å². The van der Waals surface area contributed by atoms with Gasteiger partial charge >= 0.3 is 0 Å². The lowest BCUT2D eigenvalue weighted by molar-refractivity contribution is 0.0252. The van der Waals surface area contributed by atoms with Crippen LogP contribution >= 0.6 is 23.4 Å². The van der Waals surface area contributed by atoms with Crippen molar-refractivity contribution in [1.29, 1.82) is 0 Å². The van der Waals surface area contributed by atoms with Crippen molar-refractivity contribution in [3.05, 3.63) is 5.15 Å². The van der Waals surface area contributed by atoms with Crippen molar-refractivity contribution in [3.63, 3.8) is 0 Å². The molecule has 9 heteroatoms. The molecule has 3 atom stereocenters. The molecule has 0 aromatic carbocycles. The molecular formula is C14H23ClN4O3S. The number of hydrogen-bond acceptors (Lipinski definition) is 8. The van der Waals surface area contributed by atoms with Crippen molar-refractivity contribution in [2.75, 3.05) is 30.0 Å². The maximum atomic E-state index is 10.2. The summed E-state index contributed by atoms with van der Waals surface area (Å²) in [6.07, 6.45) is 1.46. The van der Waals surface area contributed by atoms with Crippen molar-refractivity contribution >= 4 is 34.9 Å². The summed E-state index contributed by atoms with van der Waals surface area (Å²) < 4.78 is 5.48. The van der Waals surface area contributed by atoms with E-state index in [0.29, 0.717) is 23.8 Å². The minimum atomic E-state index is -0.571. The Kier molecular flexibility index (Phi) is 7.16. The highest BCUT2D eigenvalue weighted by Gasteiger charge is 2.34. The van der Waals surface area contributed by atoms with Crippen LogP contribution in [0.3, 0.4) is 0 Å². The summed E-state index contributed by atoms with van der Waals surface area (Å²) in [5.41, 5.74) is 6.22. The lowest BCUT2D eigenvalue weighted by atomic mass is 10.2. The average molecular weight is 363 g/mol. The Morgan fingerprint density at radius 3 is 2.91 bits per heavy atom. The number of nitrogens with one attached hydrogen (secondary N) is 1. The van der Waals surface area contributed by atoms with Crippen LogP contribution in [-0.2, 0) is 4.74 Å². The van der Waals surface area contributed by atoms with Gasteiger partial charge < -0.3 is 26.0 Å². The van der Waals surface area contributed by atoms with Crippen LogP contribution in [0.5, 0.6) is 0 Å². The average Bonchev–Trinajstić information content (AvgIpc) is 2.87. The van der Waals surface area contributed by atoms with Crippen molar-refractivity contribution < 1.29 is 14.9 Å². The highest BCUT2D eigenvalue weighted by Crippen LogP contribution is 2.31. The number of hydrogen-bond donors (Lipinski definition) is 4. The van der Waals surface area contributed by atoms with Crippen molar-refractivity contribution in [2.45, 2.75) is 49.6 Å². The Morgan fingerprint density at radius 1 is 1.43 bits per heavy atom. The molecule has 0 radical (unpaired) electrons. The maximum Gasteiger partial charge on any atom is 0.191 e. The molecule has 1 aliphatic rings. The van der Waals surface area contributed by atoms with Crippen LogP contribution < -0.4 is 11.1 Å². The molecule has 0 saturated heterocycles. The molecule has 2 rings (SSSR count). The van der Waals surface area contributed by atoms with Crippen LogP contribution in [-0.4, -0.2) is 57.4 Å². The van der Waals surface area contributed by atoms with E-state index in [1.165, 1.54) is 11.8 Å². The fraction of sp³-hybridized carbons (Fsp3) is 0.714. The predicted molar refractivity (Wildman–Crippen MR) is 91.9 cm³/mol. The van der Waals surface area contributed by atoms with Gasteiger partial charge in [0.05, 0.1) is 31.5 Å². The Hall–Kier alpha value is -0.800. The SMILES string of the molecule is CCCSc1nc(Cl)c(N)c(NC2CC(OCCO)CC2O)n1. The smallest absolute Gasteiger partial charge is 0.191 e. The molecule has 23 heavy (non-hydrogen) atoms. The third-order valence-corrected chi connectivity index (χ3v) is 4.91. The van der Waals surface area contributed by atoms with Crippen LogP contribution in [0.2, 0.25) is 5.15 Å². The minimum Gasteiger partial charge on any atom is -0.394 e. The van der Waals surface area contributed by atoms with Crippen LogP contribution in [0.1, 0.15) is 26.2 Å². The fourth-order valence-electron chi connectivity index (χ4n) is 2.45. The number of rotatable bonds is 8. The van der Waals surface area contributed by atoms with Crippen LogP contribution in [0.4, 0.5) is 11.5 Å². The van der Waals surface area contributed by atoms with E-state index in [0.717, 1.165) is 12.2 Å². The number of nitrogens with zero attached hydrogens (tertiary/aromatic N) is 2. The van der Waals surface area contributed by atoms with E-state index in [2.05, 4.69) is 22.2 Å². The van der Waals surface area contributed by atoms with Gasteiger partial charge in [-0.2, -0.15) is 0 Å². The maximum absolute atomic E-state index is 10.2. The zero-order valence-electron chi connectivity index (χ0n) is 13.0. The minimum absolute atomic E-state index is 0.0306. The number of anilines is 2. The number of aliphatic hydroxyl groups is 2. The lowest BCUT2D eigenvalue weighted by Crippen LogP contribution is -2.29. The summed E-state index contributed by atoms with van der Waals surface area (Å²) >= 11 is 7.58. The normalized spacial score (nSPS) is 24.1. The van der Waals surface area contributed by atoms with Gasteiger partial charge in [-0.25, -0.2) is 9.97 Å². The monoisotopic (exact) mass is 362 g/mol. The number of halogens is 1. The Bertz CT molecular complexity index is 523. The Balaban J connectivity index is 2.05. The van der Waals surface area contributed by atoms with E-state index in [1.54, 1.807) is 0 Å². The number of thioether (sulfide) groups is 1. The third-order valence-electron chi connectivity index (χ3n) is 3.57. The molecule has 7 nitrogen and oxygen atoms in total. The van der Waals surface area contributed by atoms with E-state index >= 15 is 0 Å². The predicted octanol–water partition coefficient (Wildman–Crippen LogP) is 1.53. The topological polar surface area (TPSA) is 114 Å². The first-order valence-corrected chi connectivity index (χ1v) is 9.04. The first-order chi connectivity index (χ1) is 11.0. The zero-order chi connectivity index (χ0) is 16.8. The number of aliphatic hydroxyl groups excluding tert-OH is 2. The number of nitrogens with two attached hydrogens (primary N) is 1. The molecule has 0 amide bonds. The van der Waals surface area contributed by atoms with Gasteiger partial charge in [-0.15, -0.1) is 0 Å². The summed E-state index contributed by atoms with van der Waals surface area (Å²) in [5, 5.41) is 22.9. The largest absolute Gasteiger partial charge is 0.394 e. The zero-order valence-corrected chi connectivity index (χ0v) is 14.6. The van der Waals surface area contributed by atoms with E-state index in [-0.39, 0.29) is 36.2 Å². The van der Waals surface area contributed by atoms with Gasteiger partial charge in [0, 0.05) is 12.2 Å². The van der Waals surface area contributed by atoms with E-state index in [9.17, 15) is 5.11 Å². The summed E-state index contributed by atoms with van der Waals surface area (Å²) in [6, 6.07) is -0.226. The molecule has 130 valence electrons. The molecule has 0 spiro atoms. The standard InChI is InChI=1S/C14H23ClN4O3S/c1-2-5-23-14-18-12(15)11(16)13(19-14)17-9-6-8(7-10(9)21)22-4-3-20/h8-10,20-21H,2-7,16H2,1H3,(H,17,18,19). The first kappa shape index (κ1) is 18.5. The van der Waals surface area contributed by atoms with Crippen LogP contribution in [0.15, 0.2) is 5.16 Å². The van der Waals surface area contributed by atoms with Gasteiger partial charge in [-0.1, -0.05) is 30.3 Å². The molecule has 0 bridgehead atoms. The van der Waals surface area contributed by atoms with Gasteiger partial charge in [0.1, 0.15) is 5.69 Å². The summed E-state index contributed by atoms with van der Waals surface area (Å²) in [4.78, 5) is 8.55. The second-order valence-electron chi connectivity index (χ2n) is 5.41. The van der Waals surface area contributed by atoms with Gasteiger partial charge in [0.25, 0.3) is 0 Å². The Morgan fingerprint density at radius 2 is 2.22 bits per heavy atom. The van der Waals surface area contributed by atoms with E-state index in [1.807, 2.05) is 0 Å². The van der Waals surface area contributed by atoms with Crippen LogP contribution in [0.25, 0.3) is 0 Å². The molecule has 0 aliphatic heterocycles. The van der Waals surface area contributed by atoms with Gasteiger partial charge in [-0.05, 0) is 12.8 Å². The number of nitrogen functional groups attached to an aromatic ring is 1. The highest BCUT2D eigenvalue weighted by atomic mass is 35.5. The highest BCUT2D eigenvalue weighted by molar-refractivity contribution is 7.99. The molecule has 1 saturated carbocycles. The number of ether oxygens (including phenoxy) is 1. The summed E-state index contributed by atoms with van der Waals surface area (Å²) in [7, 11) is 0. The molecular weight excluding hydrogens is 340 g/mol. The molecule has 1 aliphatic carbocycles. The molecule has 1 fully saturated rings. The second-order valence-corrected chi connectivity index (χ2v) is 6.83. The van der Waals surface area contributed by atoms with Gasteiger partial charge in [0.15, 0.2) is 16.1 Å². The number of aromatic nitrogens is 2. The second kappa shape index (κ2) is 8.89. The summed E-state index contributed by atoms with van der Waals surface area (Å²) in [5.74, 6) is 1.33. The molecule has 1 aromatic heterocycles. The lowest BCUT2D eigenvalue weighted by Gasteiger charge is -2.19. The van der Waals surface area contributed by atoms with Crippen molar-refractivity contribution in [1.82, 2.24) is 9.97 Å². The third kappa shape index (κ3) is 5.09. The quantitative estimate of drug-likeness (QED) is 0.313. The molecule has 1 aromatic rings. The summed E-state index contributed by atoms with van der Waals surface area (Å²) in [6.45, 7) is 2.31. The van der Waals surface area contributed by atoms with Crippen LogP contribution in [0, 0.1) is 0 Å². The first-order valence-electron chi connectivity index (χ1n) is 7.68. The molecule has 3 unspecified atom stereocenters. The Labute approximate surface area is 145 Å². The van der Waals surface area contributed by atoms with Gasteiger partial charge in [-0.3, -0.25) is 0 Å². The molecule has 5 N–H and O–H groups in total. The van der Waals surface area contributed by atoms with Crippen molar-refractivity contribution in [3.8, 4) is 0 Å². The molecule has 1 heterocycles. The van der Waals surface area contributed by atoms with Gasteiger partial charge in [0.2, 0.25) is 0 Å². The van der Waals surface area contributed by atoms with Crippen molar-refractivity contribution in [2.24, 2.45) is 0 Å². The van der Waals surface area contributed by atoms with E-state index in [4.69, 9.17) is 27.2 Å². The fourth-order valence-corrected chi connectivity index (χ4v) is 3.37.